The van der Waals surface area contributed by atoms with Crippen LogP contribution in [0.2, 0.25) is 0 Å². The van der Waals surface area contributed by atoms with Gasteiger partial charge in [-0.15, -0.1) is 0 Å². The zero-order valence-corrected chi connectivity index (χ0v) is 19.8. The number of rotatable bonds is 5. The predicted molar refractivity (Wildman–Crippen MR) is 129 cm³/mol. The maximum Gasteiger partial charge on any atom is 0.358 e. The van der Waals surface area contributed by atoms with E-state index in [0.717, 1.165) is 50.9 Å². The number of ether oxygens (including phenoxy) is 2. The number of methoxy groups -OCH3 is 1. The normalized spacial score (nSPS) is 11.8. The topological polar surface area (TPSA) is 79.1 Å². The summed E-state index contributed by atoms with van der Waals surface area (Å²) >= 11 is 0. The molecule has 2 aromatic heterocycles. The maximum absolute atomic E-state index is 12.6. The second kappa shape index (κ2) is 8.74. The first-order chi connectivity index (χ1) is 16.5. The molecule has 0 spiro atoms. The Morgan fingerprint density at radius 1 is 1.09 bits per heavy atom. The minimum absolute atomic E-state index is 0.300. The van der Waals surface area contributed by atoms with Crippen LogP contribution >= 0.6 is 0 Å². The molecule has 5 rings (SSSR count). The monoisotopic (exact) mass is 454 g/mol. The number of esters is 1. The third-order valence-corrected chi connectivity index (χ3v) is 6.26. The Labute approximate surface area is 198 Å². The Morgan fingerprint density at radius 3 is 2.59 bits per heavy atom. The third kappa shape index (κ3) is 3.83. The summed E-state index contributed by atoms with van der Waals surface area (Å²) in [4.78, 5) is 26.7. The quantitative estimate of drug-likeness (QED) is 0.361. The molecule has 2 aromatic carbocycles. The number of nitrogens with zero attached hydrogens (tertiary/aromatic N) is 4. The van der Waals surface area contributed by atoms with Crippen LogP contribution in [0, 0.1) is 13.8 Å². The van der Waals surface area contributed by atoms with Gasteiger partial charge in [-0.3, -0.25) is 0 Å². The molecular weight excluding hydrogens is 428 g/mol. The molecule has 172 valence electrons. The second-order valence-electron chi connectivity index (χ2n) is 8.45. The molecule has 0 fully saturated rings. The summed E-state index contributed by atoms with van der Waals surface area (Å²) < 4.78 is 12.5. The highest BCUT2D eigenvalue weighted by molar-refractivity contribution is 5.90. The smallest absolute Gasteiger partial charge is 0.358 e. The molecule has 0 N–H and O–H groups in total. The van der Waals surface area contributed by atoms with Crippen LogP contribution in [0.15, 0.2) is 48.9 Å². The van der Waals surface area contributed by atoms with Crippen molar-refractivity contribution in [1.82, 2.24) is 19.5 Å². The highest BCUT2D eigenvalue weighted by Gasteiger charge is 2.27. The van der Waals surface area contributed by atoms with Gasteiger partial charge in [0, 0.05) is 30.2 Å². The molecule has 1 aliphatic rings. The van der Waals surface area contributed by atoms with Crippen molar-refractivity contribution in [2.75, 3.05) is 13.7 Å². The Kier molecular flexibility index (Phi) is 5.61. The number of fused-ring (bicyclic) bond motifs is 5. The lowest BCUT2D eigenvalue weighted by molar-refractivity contribution is 0.0519. The van der Waals surface area contributed by atoms with E-state index in [9.17, 15) is 4.79 Å². The molecule has 34 heavy (non-hydrogen) atoms. The number of carbonyl (C=O) groups excluding carboxylic acids is 1. The maximum atomic E-state index is 12.6. The van der Waals surface area contributed by atoms with Gasteiger partial charge in [-0.05, 0) is 61.7 Å². The zero-order chi connectivity index (χ0) is 23.8. The first-order valence-corrected chi connectivity index (χ1v) is 11.3. The lowest BCUT2D eigenvalue weighted by Gasteiger charge is -2.14. The van der Waals surface area contributed by atoms with Gasteiger partial charge in [0.2, 0.25) is 0 Å². The van der Waals surface area contributed by atoms with E-state index in [1.54, 1.807) is 20.4 Å². The van der Waals surface area contributed by atoms with Crippen molar-refractivity contribution in [2.24, 2.45) is 0 Å². The van der Waals surface area contributed by atoms with E-state index in [1.165, 1.54) is 5.56 Å². The van der Waals surface area contributed by atoms with Gasteiger partial charge >= 0.3 is 5.97 Å². The van der Waals surface area contributed by atoms with Crippen molar-refractivity contribution in [1.29, 1.82) is 0 Å². The summed E-state index contributed by atoms with van der Waals surface area (Å²) in [6.45, 7) is 6.27. The Morgan fingerprint density at radius 2 is 1.85 bits per heavy atom. The van der Waals surface area contributed by atoms with Crippen molar-refractivity contribution in [3.05, 3.63) is 88.4 Å². The number of aryl methyl sites for hydroxylation is 2. The van der Waals surface area contributed by atoms with Crippen LogP contribution < -0.4 is 4.74 Å². The van der Waals surface area contributed by atoms with E-state index in [2.05, 4.69) is 35.9 Å². The molecule has 0 saturated carbocycles. The minimum Gasteiger partial charge on any atom is -0.497 e. The number of aromatic nitrogens is 4. The van der Waals surface area contributed by atoms with Crippen molar-refractivity contribution in [3.8, 4) is 22.7 Å². The summed E-state index contributed by atoms with van der Waals surface area (Å²) in [5, 5.41) is 0. The Hall–Kier alpha value is -4.00. The summed E-state index contributed by atoms with van der Waals surface area (Å²) in [7, 11) is 1.66. The highest BCUT2D eigenvalue weighted by atomic mass is 16.5. The summed E-state index contributed by atoms with van der Waals surface area (Å²) in [5.74, 6) is 1.14. The first kappa shape index (κ1) is 21.8. The fraction of sp³-hybridized carbons (Fsp3) is 0.259. The van der Waals surface area contributed by atoms with Gasteiger partial charge in [0.25, 0.3) is 0 Å². The summed E-state index contributed by atoms with van der Waals surface area (Å²) in [6, 6.07) is 12.2. The van der Waals surface area contributed by atoms with Crippen LogP contribution in [-0.2, 0) is 17.6 Å². The average molecular weight is 455 g/mol. The Bertz CT molecular complexity index is 1390. The van der Waals surface area contributed by atoms with E-state index in [0.29, 0.717) is 25.1 Å². The third-order valence-electron chi connectivity index (χ3n) is 6.26. The van der Waals surface area contributed by atoms with Crippen molar-refractivity contribution < 1.29 is 14.3 Å². The number of benzene rings is 2. The molecule has 1 aliphatic heterocycles. The molecule has 0 unspecified atom stereocenters. The van der Waals surface area contributed by atoms with E-state index >= 15 is 0 Å². The number of imidazole rings is 1. The molecule has 0 aliphatic carbocycles. The molecular formula is C27H26N4O3. The van der Waals surface area contributed by atoms with Gasteiger partial charge in [-0.1, -0.05) is 12.1 Å². The van der Waals surface area contributed by atoms with Crippen LogP contribution in [0.3, 0.4) is 0 Å². The van der Waals surface area contributed by atoms with E-state index < -0.39 is 5.97 Å². The molecule has 7 heteroatoms. The molecule has 0 bridgehead atoms. The average Bonchev–Trinajstić information content (AvgIpc) is 3.20. The predicted octanol–water partition coefficient (Wildman–Crippen LogP) is 4.63. The van der Waals surface area contributed by atoms with Crippen LogP contribution in [-0.4, -0.2) is 39.2 Å². The van der Waals surface area contributed by atoms with Crippen LogP contribution in [0.5, 0.6) is 5.75 Å². The van der Waals surface area contributed by atoms with Gasteiger partial charge in [0.05, 0.1) is 30.8 Å². The largest absolute Gasteiger partial charge is 0.497 e. The summed E-state index contributed by atoms with van der Waals surface area (Å²) in [6.07, 6.45) is 4.67. The van der Waals surface area contributed by atoms with Gasteiger partial charge in [-0.2, -0.15) is 0 Å². The fourth-order valence-corrected chi connectivity index (χ4v) is 4.31. The summed E-state index contributed by atoms with van der Waals surface area (Å²) in [5.41, 5.74) is 8.35. The fourth-order valence-electron chi connectivity index (χ4n) is 4.31. The minimum atomic E-state index is -0.415. The molecule has 0 amide bonds. The standard InChI is InChI=1S/C27H26N4O3/c1-5-34-27(32)26-23-13-19-14-28-24(12-18-6-8-20(33-4)9-7-18)30-25(19)21-10-16(2)17(3)11-22(21)31(23)15-29-26/h6-11,14-15H,5,12-13H2,1-4H3. The van der Waals surface area contributed by atoms with E-state index in [1.807, 2.05) is 35.0 Å². The number of hydrogen-bond acceptors (Lipinski definition) is 6. The molecule has 0 atom stereocenters. The highest BCUT2D eigenvalue weighted by Crippen LogP contribution is 2.36. The zero-order valence-electron chi connectivity index (χ0n) is 19.8. The van der Waals surface area contributed by atoms with Gasteiger partial charge in [-0.25, -0.2) is 19.7 Å². The second-order valence-corrected chi connectivity index (χ2v) is 8.45. The van der Waals surface area contributed by atoms with Crippen molar-refractivity contribution >= 4 is 5.97 Å². The van der Waals surface area contributed by atoms with Gasteiger partial charge in [0.1, 0.15) is 17.9 Å². The van der Waals surface area contributed by atoms with Gasteiger partial charge in [0.15, 0.2) is 5.69 Å². The van der Waals surface area contributed by atoms with Crippen molar-refractivity contribution in [2.45, 2.75) is 33.6 Å². The number of hydrogen-bond donors (Lipinski definition) is 0. The van der Waals surface area contributed by atoms with Crippen LogP contribution in [0.25, 0.3) is 16.9 Å². The lowest BCUT2D eigenvalue weighted by Crippen LogP contribution is -2.10. The van der Waals surface area contributed by atoms with Crippen molar-refractivity contribution in [3.63, 3.8) is 0 Å². The lowest BCUT2D eigenvalue weighted by atomic mass is 9.99. The van der Waals surface area contributed by atoms with E-state index in [4.69, 9.17) is 14.5 Å². The molecule has 7 nitrogen and oxygen atoms in total. The first-order valence-electron chi connectivity index (χ1n) is 11.3. The van der Waals surface area contributed by atoms with E-state index in [-0.39, 0.29) is 0 Å². The molecule has 3 heterocycles. The number of carbonyl (C=O) groups is 1. The SMILES string of the molecule is CCOC(=O)c1ncn2c1Cc1cnc(Cc3ccc(OC)cc3)nc1-c1cc(C)c(C)cc1-2. The van der Waals surface area contributed by atoms with Crippen LogP contribution in [0.1, 0.15) is 51.2 Å². The van der Waals surface area contributed by atoms with Crippen LogP contribution in [0.4, 0.5) is 0 Å². The Balaban J connectivity index is 1.63. The molecule has 4 aromatic rings. The molecule has 0 saturated heterocycles. The molecule has 0 radical (unpaired) electrons. The van der Waals surface area contributed by atoms with Gasteiger partial charge < -0.3 is 14.0 Å².